The number of carbonyl (C=O) groups excluding carboxylic acids is 1. The van der Waals surface area contributed by atoms with E-state index in [1.807, 2.05) is 12.3 Å². The zero-order chi connectivity index (χ0) is 9.97. The number of carbonyl (C=O) groups is 1. The van der Waals surface area contributed by atoms with Crippen molar-refractivity contribution in [2.24, 2.45) is 0 Å². The SMILES string of the molecule is CC(=O)c1ccnn1Cn1cccn1. The molecule has 0 N–H and O–H groups in total. The summed E-state index contributed by atoms with van der Waals surface area (Å²) in [6.07, 6.45) is 5.13. The molecule has 0 aliphatic carbocycles. The van der Waals surface area contributed by atoms with Gasteiger partial charge in [-0.1, -0.05) is 0 Å². The summed E-state index contributed by atoms with van der Waals surface area (Å²) in [5, 5.41) is 8.08. The molecule has 0 aliphatic rings. The summed E-state index contributed by atoms with van der Waals surface area (Å²) in [7, 11) is 0. The highest BCUT2D eigenvalue weighted by Crippen LogP contribution is 2.00. The van der Waals surface area contributed by atoms with Crippen LogP contribution < -0.4 is 0 Å². The molecule has 0 aromatic carbocycles. The maximum atomic E-state index is 11.2. The first-order valence-corrected chi connectivity index (χ1v) is 4.27. The summed E-state index contributed by atoms with van der Waals surface area (Å²) in [5.41, 5.74) is 0.598. The van der Waals surface area contributed by atoms with E-state index in [1.54, 1.807) is 27.8 Å². The van der Waals surface area contributed by atoms with Crippen LogP contribution in [0.25, 0.3) is 0 Å². The van der Waals surface area contributed by atoms with E-state index in [4.69, 9.17) is 0 Å². The monoisotopic (exact) mass is 190 g/mol. The van der Waals surface area contributed by atoms with E-state index in [0.717, 1.165) is 0 Å². The fourth-order valence-corrected chi connectivity index (χ4v) is 1.27. The first-order valence-electron chi connectivity index (χ1n) is 4.27. The van der Waals surface area contributed by atoms with Crippen molar-refractivity contribution in [3.05, 3.63) is 36.4 Å². The molecular weight excluding hydrogens is 180 g/mol. The molecule has 2 aromatic heterocycles. The molecule has 0 aliphatic heterocycles. The molecule has 2 rings (SSSR count). The van der Waals surface area contributed by atoms with Gasteiger partial charge in [0.25, 0.3) is 0 Å². The third kappa shape index (κ3) is 1.56. The number of nitrogens with zero attached hydrogens (tertiary/aromatic N) is 4. The second-order valence-corrected chi connectivity index (χ2v) is 2.96. The van der Waals surface area contributed by atoms with Gasteiger partial charge in [0.15, 0.2) is 5.78 Å². The third-order valence-electron chi connectivity index (χ3n) is 1.92. The maximum absolute atomic E-state index is 11.2. The lowest BCUT2D eigenvalue weighted by Gasteiger charge is -2.04. The van der Waals surface area contributed by atoms with Crippen LogP contribution in [0, 0.1) is 0 Å². The standard InChI is InChI=1S/C9H10N4O/c1-8(14)9-3-5-11-13(9)7-12-6-2-4-10-12/h2-6H,7H2,1H3. The molecule has 5 heteroatoms. The number of rotatable bonds is 3. The first kappa shape index (κ1) is 8.68. The fraction of sp³-hybridized carbons (Fsp3) is 0.222. The van der Waals surface area contributed by atoms with Crippen molar-refractivity contribution in [2.75, 3.05) is 0 Å². The van der Waals surface area contributed by atoms with E-state index < -0.39 is 0 Å². The molecule has 0 saturated heterocycles. The van der Waals surface area contributed by atoms with Crippen LogP contribution in [0.1, 0.15) is 17.4 Å². The van der Waals surface area contributed by atoms with E-state index >= 15 is 0 Å². The molecule has 2 aromatic rings. The predicted octanol–water partition coefficient (Wildman–Crippen LogP) is 0.788. The van der Waals surface area contributed by atoms with Crippen molar-refractivity contribution in [3.8, 4) is 0 Å². The predicted molar refractivity (Wildman–Crippen MR) is 49.9 cm³/mol. The molecule has 0 saturated carbocycles. The Kier molecular flexibility index (Phi) is 2.14. The summed E-state index contributed by atoms with van der Waals surface area (Å²) in [4.78, 5) is 11.2. The summed E-state index contributed by atoms with van der Waals surface area (Å²) >= 11 is 0. The Morgan fingerprint density at radius 1 is 1.43 bits per heavy atom. The summed E-state index contributed by atoms with van der Waals surface area (Å²) < 4.78 is 3.33. The molecule has 0 unspecified atom stereocenters. The number of aromatic nitrogens is 4. The van der Waals surface area contributed by atoms with Gasteiger partial charge in [0, 0.05) is 25.5 Å². The molecule has 0 atom stereocenters. The van der Waals surface area contributed by atoms with Crippen LogP contribution in [0.15, 0.2) is 30.7 Å². The lowest BCUT2D eigenvalue weighted by atomic mass is 10.3. The van der Waals surface area contributed by atoms with Gasteiger partial charge in [-0.2, -0.15) is 10.2 Å². The minimum Gasteiger partial charge on any atom is -0.293 e. The van der Waals surface area contributed by atoms with Gasteiger partial charge in [0.1, 0.15) is 12.4 Å². The largest absolute Gasteiger partial charge is 0.293 e. The van der Waals surface area contributed by atoms with Gasteiger partial charge >= 0.3 is 0 Å². The van der Waals surface area contributed by atoms with Crippen molar-refractivity contribution in [1.82, 2.24) is 19.6 Å². The quantitative estimate of drug-likeness (QED) is 0.672. The molecule has 0 bridgehead atoms. The number of hydrogen-bond acceptors (Lipinski definition) is 3. The van der Waals surface area contributed by atoms with E-state index in [0.29, 0.717) is 12.4 Å². The van der Waals surface area contributed by atoms with Crippen LogP contribution in [0.2, 0.25) is 0 Å². The average Bonchev–Trinajstić information content (AvgIpc) is 2.75. The molecule has 0 fully saturated rings. The van der Waals surface area contributed by atoms with Crippen molar-refractivity contribution in [3.63, 3.8) is 0 Å². The topological polar surface area (TPSA) is 52.7 Å². The number of Topliss-reactive ketones (excluding diaryl/α,β-unsaturated/α-hetero) is 1. The van der Waals surface area contributed by atoms with Crippen LogP contribution >= 0.6 is 0 Å². The molecule has 0 amide bonds. The fourth-order valence-electron chi connectivity index (χ4n) is 1.27. The molecule has 0 radical (unpaired) electrons. The minimum absolute atomic E-state index is 0.00894. The van der Waals surface area contributed by atoms with Gasteiger partial charge in [-0.05, 0) is 12.1 Å². The molecule has 5 nitrogen and oxygen atoms in total. The zero-order valence-corrected chi connectivity index (χ0v) is 7.79. The summed E-state index contributed by atoms with van der Waals surface area (Å²) in [6, 6.07) is 3.53. The van der Waals surface area contributed by atoms with E-state index in [2.05, 4.69) is 10.2 Å². The number of hydrogen-bond donors (Lipinski definition) is 0. The van der Waals surface area contributed by atoms with Crippen LogP contribution in [0.3, 0.4) is 0 Å². The van der Waals surface area contributed by atoms with Gasteiger partial charge in [0.2, 0.25) is 0 Å². The third-order valence-corrected chi connectivity index (χ3v) is 1.92. The highest BCUT2D eigenvalue weighted by molar-refractivity contribution is 5.92. The van der Waals surface area contributed by atoms with Gasteiger partial charge in [-0.25, -0.2) is 4.68 Å². The zero-order valence-electron chi connectivity index (χ0n) is 7.79. The van der Waals surface area contributed by atoms with E-state index in [-0.39, 0.29) is 5.78 Å². The first-order chi connectivity index (χ1) is 6.77. The highest BCUT2D eigenvalue weighted by atomic mass is 16.1. The van der Waals surface area contributed by atoms with Crippen LogP contribution in [-0.4, -0.2) is 25.3 Å². The normalized spacial score (nSPS) is 10.4. The highest BCUT2D eigenvalue weighted by Gasteiger charge is 2.06. The van der Waals surface area contributed by atoms with Crippen molar-refractivity contribution < 1.29 is 4.79 Å². The smallest absolute Gasteiger partial charge is 0.177 e. The van der Waals surface area contributed by atoms with Crippen LogP contribution in [0.5, 0.6) is 0 Å². The second kappa shape index (κ2) is 3.45. The number of ketones is 1. The van der Waals surface area contributed by atoms with Gasteiger partial charge in [-0.15, -0.1) is 0 Å². The Bertz CT molecular complexity index is 429. The van der Waals surface area contributed by atoms with Crippen LogP contribution in [0.4, 0.5) is 0 Å². The molecule has 2 heterocycles. The minimum atomic E-state index is 0.00894. The maximum Gasteiger partial charge on any atom is 0.177 e. The average molecular weight is 190 g/mol. The Balaban J connectivity index is 2.25. The Morgan fingerprint density at radius 2 is 2.29 bits per heavy atom. The summed E-state index contributed by atoms with van der Waals surface area (Å²) in [6.45, 7) is 1.99. The summed E-state index contributed by atoms with van der Waals surface area (Å²) in [5.74, 6) is 0.00894. The Morgan fingerprint density at radius 3 is 2.93 bits per heavy atom. The molecule has 72 valence electrons. The Hall–Kier alpha value is -1.91. The van der Waals surface area contributed by atoms with Gasteiger partial charge in [0.05, 0.1) is 0 Å². The van der Waals surface area contributed by atoms with Gasteiger partial charge < -0.3 is 0 Å². The van der Waals surface area contributed by atoms with Gasteiger partial charge in [-0.3, -0.25) is 9.48 Å². The lowest BCUT2D eigenvalue weighted by Crippen LogP contribution is -2.14. The van der Waals surface area contributed by atoms with Crippen molar-refractivity contribution >= 4 is 5.78 Å². The van der Waals surface area contributed by atoms with Crippen LogP contribution in [-0.2, 0) is 6.67 Å². The lowest BCUT2D eigenvalue weighted by molar-refractivity contribution is 0.100. The molecule has 0 spiro atoms. The van der Waals surface area contributed by atoms with Crippen molar-refractivity contribution in [2.45, 2.75) is 13.6 Å². The molecular formula is C9H10N4O. The van der Waals surface area contributed by atoms with E-state index in [1.165, 1.54) is 6.92 Å². The van der Waals surface area contributed by atoms with E-state index in [9.17, 15) is 4.79 Å². The molecule has 14 heavy (non-hydrogen) atoms. The Labute approximate surface area is 81.0 Å². The van der Waals surface area contributed by atoms with Crippen molar-refractivity contribution in [1.29, 1.82) is 0 Å². The second-order valence-electron chi connectivity index (χ2n) is 2.96.